The molecule has 13 nitrogen and oxygen atoms in total. The van der Waals surface area contributed by atoms with Crippen molar-refractivity contribution in [3.05, 3.63) is 47.7 Å². The lowest BCUT2D eigenvalue weighted by Crippen LogP contribution is -2.61. The van der Waals surface area contributed by atoms with Gasteiger partial charge >= 0.3 is 11.9 Å². The van der Waals surface area contributed by atoms with Crippen molar-refractivity contribution < 1.29 is 37.9 Å². The molecule has 0 spiro atoms. The summed E-state index contributed by atoms with van der Waals surface area (Å²) < 4.78 is 16.8. The van der Waals surface area contributed by atoms with Crippen molar-refractivity contribution in [2.24, 2.45) is 11.8 Å². The van der Waals surface area contributed by atoms with E-state index in [4.69, 9.17) is 18.9 Å². The Labute approximate surface area is 315 Å². The van der Waals surface area contributed by atoms with Crippen molar-refractivity contribution in [1.82, 2.24) is 26.1 Å². The maximum absolute atomic E-state index is 14.2. The molecular formula is C39H59N5O8Si. The van der Waals surface area contributed by atoms with Crippen LogP contribution in [0.5, 0.6) is 0 Å². The molecule has 1 aliphatic rings. The second-order valence-electron chi connectivity index (χ2n) is 15.7. The van der Waals surface area contributed by atoms with Gasteiger partial charge < -0.3 is 24.5 Å². The number of hydrogen-bond acceptors (Lipinski definition) is 10. The molecule has 2 heterocycles. The molecule has 1 aromatic heterocycles. The predicted molar refractivity (Wildman–Crippen MR) is 206 cm³/mol. The van der Waals surface area contributed by atoms with E-state index >= 15 is 0 Å². The Hall–Kier alpha value is -4.14. The fraction of sp³-hybridized carbons (Fsp3) is 0.590. The molecule has 2 aromatic rings. The molecule has 1 aromatic carbocycles. The van der Waals surface area contributed by atoms with Gasteiger partial charge in [0.1, 0.15) is 24.2 Å². The number of carbonyl (C=O) groups is 5. The summed E-state index contributed by atoms with van der Waals surface area (Å²) in [7, 11) is -1.02. The van der Waals surface area contributed by atoms with Crippen molar-refractivity contribution in [3.8, 4) is 0 Å². The summed E-state index contributed by atoms with van der Waals surface area (Å²) in [5.41, 5.74) is 5.02. The van der Waals surface area contributed by atoms with Gasteiger partial charge in [-0.3, -0.25) is 29.0 Å². The minimum atomic E-state index is -2.32. The van der Waals surface area contributed by atoms with Crippen molar-refractivity contribution in [3.63, 3.8) is 0 Å². The first-order valence-corrected chi connectivity index (χ1v) is 21.3. The van der Waals surface area contributed by atoms with Crippen LogP contribution in [0.15, 0.2) is 36.4 Å². The number of pyridine rings is 1. The summed E-state index contributed by atoms with van der Waals surface area (Å²) in [5.74, 6) is -3.24. The molecule has 0 saturated carbocycles. The summed E-state index contributed by atoms with van der Waals surface area (Å²) in [4.78, 5) is 69.4. The third kappa shape index (κ3) is 11.7. The lowest BCUT2D eigenvalue weighted by Gasteiger charge is -2.40. The van der Waals surface area contributed by atoms with Gasteiger partial charge in [-0.05, 0) is 75.4 Å². The van der Waals surface area contributed by atoms with E-state index in [9.17, 15) is 24.0 Å². The monoisotopic (exact) mass is 753 g/mol. The first-order chi connectivity index (χ1) is 24.6. The second kappa shape index (κ2) is 18.3. The molecule has 3 N–H and O–H groups in total. The average Bonchev–Trinajstić information content (AvgIpc) is 3.08. The van der Waals surface area contributed by atoms with Crippen LogP contribution in [0.2, 0.25) is 18.1 Å². The number of rotatable bonds is 14. The quantitative estimate of drug-likeness (QED) is 0.172. The van der Waals surface area contributed by atoms with E-state index in [0.29, 0.717) is 30.6 Å². The Morgan fingerprint density at radius 1 is 1.00 bits per heavy atom. The number of aromatic nitrogens is 1. The van der Waals surface area contributed by atoms with Crippen molar-refractivity contribution in [2.45, 2.75) is 124 Å². The van der Waals surface area contributed by atoms with Crippen LogP contribution in [-0.4, -0.2) is 85.9 Å². The normalized spacial score (nSPS) is 18.2. The largest absolute Gasteiger partial charge is 0.468 e. The summed E-state index contributed by atoms with van der Waals surface area (Å²) >= 11 is 0. The first kappa shape index (κ1) is 43.3. The van der Waals surface area contributed by atoms with Gasteiger partial charge in [0.25, 0.3) is 5.91 Å². The van der Waals surface area contributed by atoms with Crippen LogP contribution in [-0.2, 0) is 37.9 Å². The minimum Gasteiger partial charge on any atom is -0.468 e. The van der Waals surface area contributed by atoms with Crippen molar-refractivity contribution in [1.29, 1.82) is 0 Å². The van der Waals surface area contributed by atoms with E-state index in [1.165, 1.54) is 19.0 Å². The molecule has 3 unspecified atom stereocenters. The standard InChI is InChI=1S/C39H59N5O8Si/c1-23(2)34(36(47)40-24(3)37(48)44-21-13-14-32(43-44)38(49)50-10)42-35(46)30(25(4)52-53(11,12)39(7,8)9)19-16-28-15-17-29-18-20-31(41-33(29)22-28)26(5)51-27(6)45/h15-20,22-26,30,32,34,43H,13-14,21H2,1-12H3,(H,40,47)(H,42,46)/b19-16+/t24?,25-,26-,30-,32?,34?/m1/s1. The Bertz CT molecular complexity index is 1670. The van der Waals surface area contributed by atoms with Crippen molar-refractivity contribution in [2.75, 3.05) is 13.7 Å². The highest BCUT2D eigenvalue weighted by atomic mass is 28.4. The summed E-state index contributed by atoms with van der Waals surface area (Å²) in [6.07, 6.45) is 3.72. The number of amides is 3. The van der Waals surface area contributed by atoms with Gasteiger partial charge in [-0.25, -0.2) is 10.4 Å². The molecule has 292 valence electrons. The molecule has 3 rings (SSSR count). The number of nitrogens with zero attached hydrogens (tertiary/aromatic N) is 2. The summed E-state index contributed by atoms with van der Waals surface area (Å²) in [5, 5.41) is 7.85. The Balaban J connectivity index is 1.86. The zero-order valence-corrected chi connectivity index (χ0v) is 34.4. The smallest absolute Gasteiger partial charge is 0.324 e. The number of hydrogen-bond donors (Lipinski definition) is 3. The molecule has 14 heteroatoms. The number of benzene rings is 1. The molecule has 53 heavy (non-hydrogen) atoms. The molecular weight excluding hydrogens is 695 g/mol. The van der Waals surface area contributed by atoms with Gasteiger partial charge in [-0.1, -0.05) is 65.0 Å². The Kier molecular flexibility index (Phi) is 14.9. The molecule has 0 aliphatic carbocycles. The number of esters is 2. The first-order valence-electron chi connectivity index (χ1n) is 18.3. The van der Waals surface area contributed by atoms with Crippen LogP contribution >= 0.6 is 0 Å². The highest BCUT2D eigenvalue weighted by Gasteiger charge is 2.41. The van der Waals surface area contributed by atoms with Crippen molar-refractivity contribution >= 4 is 55.0 Å². The minimum absolute atomic E-state index is 0.111. The Morgan fingerprint density at radius 2 is 1.66 bits per heavy atom. The topological polar surface area (TPSA) is 165 Å². The number of fused-ring (bicyclic) bond motifs is 1. The van der Waals surface area contributed by atoms with Gasteiger partial charge in [-0.2, -0.15) is 0 Å². The van der Waals surface area contributed by atoms with Gasteiger partial charge in [0.15, 0.2) is 8.32 Å². The number of nitrogens with one attached hydrogen (secondary N) is 3. The van der Waals surface area contributed by atoms with Gasteiger partial charge in [0.2, 0.25) is 11.8 Å². The van der Waals surface area contributed by atoms with E-state index in [2.05, 4.69) is 49.9 Å². The highest BCUT2D eigenvalue weighted by Crippen LogP contribution is 2.38. The fourth-order valence-corrected chi connectivity index (χ4v) is 7.25. The third-order valence-electron chi connectivity index (χ3n) is 10.0. The van der Waals surface area contributed by atoms with E-state index in [1.54, 1.807) is 19.9 Å². The number of carbonyl (C=O) groups excluding carboxylic acids is 5. The van der Waals surface area contributed by atoms with E-state index in [0.717, 1.165) is 10.9 Å². The molecule has 1 aliphatic heterocycles. The van der Waals surface area contributed by atoms with E-state index < -0.39 is 68.3 Å². The molecule has 6 atom stereocenters. The van der Waals surface area contributed by atoms with Gasteiger partial charge in [0.05, 0.1) is 30.3 Å². The second-order valence-corrected chi connectivity index (χ2v) is 20.5. The third-order valence-corrected chi connectivity index (χ3v) is 14.6. The molecule has 1 saturated heterocycles. The number of methoxy groups -OCH3 is 1. The number of hydrazine groups is 1. The van der Waals surface area contributed by atoms with Crippen LogP contribution < -0.4 is 16.1 Å². The van der Waals surface area contributed by atoms with Gasteiger partial charge in [0, 0.05) is 18.9 Å². The summed E-state index contributed by atoms with van der Waals surface area (Å²) in [6, 6.07) is 6.98. The SMILES string of the molecule is COC(=O)C1CCCN(C(=O)C(C)NC(=O)C(NC(=O)[C@H](/C=C/c2ccc3ccc([C@@H](C)OC(C)=O)nc3c2)[C@@H](C)O[Si](C)(C)C(C)(C)C)C(C)C)N1. The van der Waals surface area contributed by atoms with E-state index in [-0.39, 0.29) is 16.9 Å². The molecule has 0 bridgehead atoms. The zero-order valence-electron chi connectivity index (χ0n) is 33.4. The zero-order chi connectivity index (χ0) is 39.8. The fourth-order valence-electron chi connectivity index (χ4n) is 5.82. The maximum Gasteiger partial charge on any atom is 0.324 e. The van der Waals surface area contributed by atoms with Crippen LogP contribution in [0, 0.1) is 11.8 Å². The highest BCUT2D eigenvalue weighted by molar-refractivity contribution is 6.74. The lowest BCUT2D eigenvalue weighted by atomic mass is 9.97. The van der Waals surface area contributed by atoms with Gasteiger partial charge in [-0.15, -0.1) is 0 Å². The lowest BCUT2D eigenvalue weighted by molar-refractivity contribution is -0.151. The van der Waals surface area contributed by atoms with E-state index in [1.807, 2.05) is 57.2 Å². The Morgan fingerprint density at radius 3 is 2.26 bits per heavy atom. The average molecular weight is 754 g/mol. The predicted octanol–water partition coefficient (Wildman–Crippen LogP) is 5.21. The molecule has 3 amide bonds. The number of ether oxygens (including phenoxy) is 2. The van der Waals surface area contributed by atoms with Crippen LogP contribution in [0.25, 0.3) is 17.0 Å². The maximum atomic E-state index is 14.2. The van der Waals surface area contributed by atoms with Crippen LogP contribution in [0.3, 0.4) is 0 Å². The van der Waals surface area contributed by atoms with Crippen LogP contribution in [0.4, 0.5) is 0 Å². The molecule has 1 fully saturated rings. The molecule has 0 radical (unpaired) electrons. The summed E-state index contributed by atoms with van der Waals surface area (Å²) in [6.45, 7) is 21.2. The van der Waals surface area contributed by atoms with Crippen LogP contribution in [0.1, 0.15) is 92.5 Å².